The molecule has 2 amide bonds. The summed E-state index contributed by atoms with van der Waals surface area (Å²) in [5.41, 5.74) is 1.88. The Morgan fingerprint density at radius 1 is 1.18 bits per heavy atom. The fraction of sp³-hybridized carbons (Fsp3) is 0.0667. The van der Waals surface area contributed by atoms with Gasteiger partial charge < -0.3 is 10.6 Å². The first-order chi connectivity index (χ1) is 10.8. The van der Waals surface area contributed by atoms with E-state index in [-0.39, 0.29) is 12.6 Å². The zero-order valence-electron chi connectivity index (χ0n) is 11.5. The fourth-order valence-corrected chi connectivity index (χ4v) is 1.97. The molecule has 0 aliphatic carbocycles. The predicted molar refractivity (Wildman–Crippen MR) is 80.0 cm³/mol. The Morgan fingerprint density at radius 2 is 2.00 bits per heavy atom. The van der Waals surface area contributed by atoms with Crippen molar-refractivity contribution in [1.82, 2.24) is 19.9 Å². The second kappa shape index (κ2) is 5.93. The molecule has 0 aliphatic heterocycles. The second-order valence-electron chi connectivity index (χ2n) is 4.54. The van der Waals surface area contributed by atoms with Crippen LogP contribution >= 0.6 is 0 Å². The van der Waals surface area contributed by atoms with Gasteiger partial charge in [-0.25, -0.2) is 4.79 Å². The minimum Gasteiger partial charge on any atom is -0.331 e. The largest absolute Gasteiger partial charge is 0.331 e. The van der Waals surface area contributed by atoms with Gasteiger partial charge in [0.2, 0.25) is 0 Å². The van der Waals surface area contributed by atoms with E-state index in [1.165, 1.54) is 0 Å². The third kappa shape index (κ3) is 2.86. The van der Waals surface area contributed by atoms with Gasteiger partial charge in [0, 0.05) is 11.9 Å². The minimum absolute atomic E-state index is 0.257. The number of rotatable bonds is 3. The Bertz CT molecular complexity index is 846. The maximum Gasteiger partial charge on any atom is 0.319 e. The Morgan fingerprint density at radius 3 is 2.77 bits per heavy atom. The number of anilines is 1. The molecule has 2 heterocycles. The number of nitriles is 1. The molecule has 2 N–H and O–H groups in total. The Kier molecular flexibility index (Phi) is 3.66. The second-order valence-corrected chi connectivity index (χ2v) is 4.54. The molecule has 0 saturated heterocycles. The number of nitrogens with zero attached hydrogens (tertiary/aromatic N) is 4. The van der Waals surface area contributed by atoms with Gasteiger partial charge in [-0.2, -0.15) is 5.26 Å². The number of hydrogen-bond acceptors (Lipinski definition) is 4. The molecule has 2 aromatic heterocycles. The first kappa shape index (κ1) is 13.6. The lowest BCUT2D eigenvalue weighted by atomic mass is 10.2. The highest BCUT2D eigenvalue weighted by Crippen LogP contribution is 2.08. The summed E-state index contributed by atoms with van der Waals surface area (Å²) in [6.45, 7) is 0.257. The summed E-state index contributed by atoms with van der Waals surface area (Å²) in [6, 6.07) is 13.9. The fourth-order valence-electron chi connectivity index (χ4n) is 1.97. The molecule has 7 heteroatoms. The number of pyridine rings is 1. The van der Waals surface area contributed by atoms with E-state index < -0.39 is 0 Å². The molecule has 3 rings (SSSR count). The van der Waals surface area contributed by atoms with Gasteiger partial charge in [-0.15, -0.1) is 10.2 Å². The van der Waals surface area contributed by atoms with Gasteiger partial charge in [0.15, 0.2) is 11.5 Å². The molecule has 0 radical (unpaired) electrons. The van der Waals surface area contributed by atoms with Crippen molar-refractivity contribution >= 4 is 17.4 Å². The van der Waals surface area contributed by atoms with Crippen LogP contribution in [0.25, 0.3) is 5.65 Å². The molecule has 0 bridgehead atoms. The van der Waals surface area contributed by atoms with Gasteiger partial charge in [0.25, 0.3) is 0 Å². The first-order valence-corrected chi connectivity index (χ1v) is 6.60. The SMILES string of the molecule is N#Cc1ccc(NC(=O)NCc2nnc3ccccn23)cc1. The highest BCUT2D eigenvalue weighted by Gasteiger charge is 2.07. The molecule has 0 atom stereocenters. The van der Waals surface area contributed by atoms with Crippen LogP contribution < -0.4 is 10.6 Å². The molecular formula is C15H12N6O. The first-order valence-electron chi connectivity index (χ1n) is 6.60. The van der Waals surface area contributed by atoms with E-state index in [1.807, 2.05) is 34.9 Å². The standard InChI is InChI=1S/C15H12N6O/c16-9-11-4-6-12(7-5-11)18-15(22)17-10-14-20-19-13-3-1-2-8-21(13)14/h1-8H,10H2,(H2,17,18,22). The number of nitrogens with one attached hydrogen (secondary N) is 2. The van der Waals surface area contributed by atoms with Gasteiger partial charge in [0.05, 0.1) is 18.2 Å². The number of carbonyl (C=O) groups is 1. The van der Waals surface area contributed by atoms with E-state index >= 15 is 0 Å². The van der Waals surface area contributed by atoms with Crippen LogP contribution in [0.3, 0.4) is 0 Å². The van der Waals surface area contributed by atoms with Crippen molar-refractivity contribution in [3.05, 3.63) is 60.0 Å². The summed E-state index contributed by atoms with van der Waals surface area (Å²) >= 11 is 0. The van der Waals surface area contributed by atoms with Crippen LogP contribution in [-0.2, 0) is 6.54 Å². The molecule has 22 heavy (non-hydrogen) atoms. The minimum atomic E-state index is -0.350. The highest BCUT2D eigenvalue weighted by molar-refractivity contribution is 5.89. The summed E-state index contributed by atoms with van der Waals surface area (Å²) in [6.07, 6.45) is 1.84. The summed E-state index contributed by atoms with van der Waals surface area (Å²) in [7, 11) is 0. The monoisotopic (exact) mass is 292 g/mol. The number of fused-ring (bicyclic) bond motifs is 1. The van der Waals surface area contributed by atoms with Crippen molar-refractivity contribution in [1.29, 1.82) is 5.26 Å². The Balaban J connectivity index is 1.61. The zero-order chi connectivity index (χ0) is 15.4. The number of benzene rings is 1. The molecule has 1 aromatic carbocycles. The highest BCUT2D eigenvalue weighted by atomic mass is 16.2. The Labute approximate surface area is 126 Å². The van der Waals surface area contributed by atoms with E-state index in [4.69, 9.17) is 5.26 Å². The molecule has 0 spiro atoms. The van der Waals surface area contributed by atoms with Crippen molar-refractivity contribution in [2.45, 2.75) is 6.54 Å². The summed E-state index contributed by atoms with van der Waals surface area (Å²) < 4.78 is 1.81. The summed E-state index contributed by atoms with van der Waals surface area (Å²) in [5, 5.41) is 22.2. The molecule has 0 aliphatic rings. The molecule has 3 aromatic rings. The van der Waals surface area contributed by atoms with E-state index in [0.717, 1.165) is 5.65 Å². The quantitative estimate of drug-likeness (QED) is 0.771. The lowest BCUT2D eigenvalue weighted by Crippen LogP contribution is -2.28. The lowest BCUT2D eigenvalue weighted by molar-refractivity contribution is 0.251. The Hall–Kier alpha value is -3.40. The van der Waals surface area contributed by atoms with Crippen LogP contribution in [0.2, 0.25) is 0 Å². The van der Waals surface area contributed by atoms with Crippen LogP contribution in [0.15, 0.2) is 48.7 Å². The van der Waals surface area contributed by atoms with Gasteiger partial charge in [-0.1, -0.05) is 6.07 Å². The van der Waals surface area contributed by atoms with Gasteiger partial charge >= 0.3 is 6.03 Å². The smallest absolute Gasteiger partial charge is 0.319 e. The lowest BCUT2D eigenvalue weighted by Gasteiger charge is -2.06. The predicted octanol–water partition coefficient (Wildman–Crippen LogP) is 1.92. The molecular weight excluding hydrogens is 280 g/mol. The van der Waals surface area contributed by atoms with Crippen molar-refractivity contribution < 1.29 is 4.79 Å². The number of hydrogen-bond donors (Lipinski definition) is 2. The van der Waals surface area contributed by atoms with Gasteiger partial charge in [-0.05, 0) is 36.4 Å². The van der Waals surface area contributed by atoms with Gasteiger partial charge in [0.1, 0.15) is 0 Å². The molecule has 7 nitrogen and oxygen atoms in total. The topological polar surface area (TPSA) is 95.1 Å². The summed E-state index contributed by atoms with van der Waals surface area (Å²) in [5.74, 6) is 0.644. The summed E-state index contributed by atoms with van der Waals surface area (Å²) in [4.78, 5) is 11.9. The van der Waals surface area contributed by atoms with E-state index in [0.29, 0.717) is 17.1 Å². The average molecular weight is 292 g/mol. The molecule has 0 saturated carbocycles. The maximum absolute atomic E-state index is 11.9. The number of aromatic nitrogens is 3. The van der Waals surface area contributed by atoms with Crippen LogP contribution in [0.5, 0.6) is 0 Å². The zero-order valence-corrected chi connectivity index (χ0v) is 11.5. The molecule has 0 unspecified atom stereocenters. The molecule has 108 valence electrons. The van der Waals surface area contributed by atoms with Crippen LogP contribution in [-0.4, -0.2) is 20.6 Å². The van der Waals surface area contributed by atoms with Crippen molar-refractivity contribution in [2.75, 3.05) is 5.32 Å². The van der Waals surface area contributed by atoms with Gasteiger partial charge in [-0.3, -0.25) is 4.40 Å². The van der Waals surface area contributed by atoms with Crippen molar-refractivity contribution in [2.24, 2.45) is 0 Å². The van der Waals surface area contributed by atoms with Crippen molar-refractivity contribution in [3.8, 4) is 6.07 Å². The number of carbonyl (C=O) groups excluding carboxylic acids is 1. The third-order valence-electron chi connectivity index (χ3n) is 3.06. The normalized spacial score (nSPS) is 10.1. The van der Waals surface area contributed by atoms with E-state index in [9.17, 15) is 4.79 Å². The van der Waals surface area contributed by atoms with E-state index in [1.54, 1.807) is 24.3 Å². The van der Waals surface area contributed by atoms with Crippen molar-refractivity contribution in [3.63, 3.8) is 0 Å². The maximum atomic E-state index is 11.9. The molecule has 0 fully saturated rings. The van der Waals surface area contributed by atoms with Crippen LogP contribution in [0.4, 0.5) is 10.5 Å². The number of urea groups is 1. The third-order valence-corrected chi connectivity index (χ3v) is 3.06. The van der Waals surface area contributed by atoms with E-state index in [2.05, 4.69) is 20.8 Å². The average Bonchev–Trinajstić information content (AvgIpc) is 2.97. The number of amides is 2. The van der Waals surface area contributed by atoms with Crippen LogP contribution in [0.1, 0.15) is 11.4 Å². The van der Waals surface area contributed by atoms with Crippen LogP contribution in [0, 0.1) is 11.3 Å².